The summed E-state index contributed by atoms with van der Waals surface area (Å²) in [4.78, 5) is 8.15. The Morgan fingerprint density at radius 1 is 1.53 bits per heavy atom. The Hall–Kier alpha value is -1.64. The molecule has 0 fully saturated rings. The normalized spacial score (nSPS) is 13.8. The number of H-pyrrole nitrogens is 1. The number of hydrogen-bond acceptors (Lipinski definition) is 5. The number of furan rings is 1. The molecule has 0 saturated carbocycles. The van der Waals surface area contributed by atoms with Crippen molar-refractivity contribution in [2.75, 3.05) is 20.6 Å². The second-order valence-electron chi connectivity index (χ2n) is 4.26. The zero-order valence-corrected chi connectivity index (χ0v) is 11.5. The van der Waals surface area contributed by atoms with Gasteiger partial charge in [-0.25, -0.2) is 18.1 Å². The lowest BCUT2D eigenvalue weighted by molar-refractivity contribution is 0.259. The minimum Gasteiger partial charge on any atom is -0.468 e. The van der Waals surface area contributed by atoms with Gasteiger partial charge in [-0.1, -0.05) is 0 Å². The van der Waals surface area contributed by atoms with E-state index in [0.717, 1.165) is 0 Å². The molecule has 1 unspecified atom stereocenters. The molecular weight excluding hydrogens is 268 g/mol. The Bertz CT molecular complexity index is 590. The van der Waals surface area contributed by atoms with Crippen LogP contribution in [0.4, 0.5) is 0 Å². The third-order valence-electron chi connectivity index (χ3n) is 2.72. The van der Waals surface area contributed by atoms with Gasteiger partial charge in [0.15, 0.2) is 5.03 Å². The van der Waals surface area contributed by atoms with Gasteiger partial charge in [0.2, 0.25) is 0 Å². The summed E-state index contributed by atoms with van der Waals surface area (Å²) in [6.45, 7) is 0.210. The fraction of sp³-hybridized carbons (Fsp3) is 0.364. The van der Waals surface area contributed by atoms with Gasteiger partial charge < -0.3 is 9.40 Å². The summed E-state index contributed by atoms with van der Waals surface area (Å²) in [7, 11) is 0.145. The number of hydrogen-bond donors (Lipinski definition) is 2. The zero-order chi connectivity index (χ0) is 13.9. The quantitative estimate of drug-likeness (QED) is 0.810. The van der Waals surface area contributed by atoms with Gasteiger partial charge >= 0.3 is 0 Å². The average molecular weight is 284 g/mol. The predicted molar refractivity (Wildman–Crippen MR) is 68.9 cm³/mol. The maximum atomic E-state index is 12.0. The van der Waals surface area contributed by atoms with E-state index in [9.17, 15) is 8.42 Å². The Kier molecular flexibility index (Phi) is 4.03. The highest BCUT2D eigenvalue weighted by Crippen LogP contribution is 2.18. The van der Waals surface area contributed by atoms with Crippen LogP contribution in [0.25, 0.3) is 0 Å². The molecule has 0 saturated heterocycles. The maximum Gasteiger partial charge on any atom is 0.257 e. The Morgan fingerprint density at radius 3 is 2.84 bits per heavy atom. The van der Waals surface area contributed by atoms with Gasteiger partial charge in [-0.3, -0.25) is 4.90 Å². The molecule has 1 atom stereocenters. The number of aromatic amines is 1. The predicted octanol–water partition coefficient (Wildman–Crippen LogP) is 0.584. The molecule has 104 valence electrons. The molecule has 0 radical (unpaired) electrons. The van der Waals surface area contributed by atoms with Crippen LogP contribution in [0.1, 0.15) is 11.8 Å². The van der Waals surface area contributed by atoms with Gasteiger partial charge in [0.25, 0.3) is 10.0 Å². The molecule has 2 aromatic heterocycles. The van der Waals surface area contributed by atoms with Crippen molar-refractivity contribution in [3.63, 3.8) is 0 Å². The molecule has 0 aromatic carbocycles. The Morgan fingerprint density at radius 2 is 2.32 bits per heavy atom. The zero-order valence-electron chi connectivity index (χ0n) is 10.7. The van der Waals surface area contributed by atoms with E-state index in [1.54, 1.807) is 12.3 Å². The Labute approximate surface area is 111 Å². The first-order chi connectivity index (χ1) is 9.00. The summed E-state index contributed by atoms with van der Waals surface area (Å²) in [6.07, 6.45) is 4.15. The topological polar surface area (TPSA) is 91.2 Å². The number of aromatic nitrogens is 2. The Balaban J connectivity index is 2.08. The summed E-state index contributed by atoms with van der Waals surface area (Å²) in [5.41, 5.74) is 0. The van der Waals surface area contributed by atoms with Gasteiger partial charge in [-0.05, 0) is 26.2 Å². The molecule has 2 aromatic rings. The highest BCUT2D eigenvalue weighted by Gasteiger charge is 2.22. The summed E-state index contributed by atoms with van der Waals surface area (Å²) in [5.74, 6) is 0.706. The molecule has 2 heterocycles. The highest BCUT2D eigenvalue weighted by atomic mass is 32.2. The number of rotatable bonds is 6. The molecule has 0 bridgehead atoms. The van der Waals surface area contributed by atoms with Gasteiger partial charge in [-0.15, -0.1) is 0 Å². The molecule has 2 rings (SSSR count). The van der Waals surface area contributed by atoms with E-state index in [1.807, 2.05) is 25.1 Å². The largest absolute Gasteiger partial charge is 0.468 e. The van der Waals surface area contributed by atoms with E-state index >= 15 is 0 Å². The van der Waals surface area contributed by atoms with Crippen molar-refractivity contribution in [2.45, 2.75) is 11.1 Å². The fourth-order valence-electron chi connectivity index (χ4n) is 1.67. The van der Waals surface area contributed by atoms with Gasteiger partial charge in [-0.2, -0.15) is 0 Å². The van der Waals surface area contributed by atoms with Crippen LogP contribution >= 0.6 is 0 Å². The lowest BCUT2D eigenvalue weighted by Crippen LogP contribution is -2.34. The number of sulfonamides is 1. The van der Waals surface area contributed by atoms with Crippen LogP contribution in [0.5, 0.6) is 0 Å². The van der Waals surface area contributed by atoms with E-state index in [0.29, 0.717) is 5.76 Å². The molecule has 0 amide bonds. The van der Waals surface area contributed by atoms with E-state index in [2.05, 4.69) is 14.7 Å². The van der Waals surface area contributed by atoms with Crippen molar-refractivity contribution in [1.82, 2.24) is 19.6 Å². The monoisotopic (exact) mass is 284 g/mol. The van der Waals surface area contributed by atoms with Gasteiger partial charge in [0, 0.05) is 6.54 Å². The molecule has 2 N–H and O–H groups in total. The lowest BCUT2D eigenvalue weighted by atomic mass is 10.2. The van der Waals surface area contributed by atoms with E-state index in [-0.39, 0.29) is 17.6 Å². The number of nitrogens with zero attached hydrogens (tertiary/aromatic N) is 2. The van der Waals surface area contributed by atoms with Crippen LogP contribution in [0, 0.1) is 0 Å². The maximum absolute atomic E-state index is 12.0. The standard InChI is InChI=1S/C11H16N4O3S/c1-15(2)9(10-4-3-5-18-10)6-14-19(16,17)11-7-12-8-13-11/h3-5,7-9,14H,6H2,1-2H3,(H,12,13). The smallest absolute Gasteiger partial charge is 0.257 e. The van der Waals surface area contributed by atoms with Crippen molar-refractivity contribution < 1.29 is 12.8 Å². The highest BCUT2D eigenvalue weighted by molar-refractivity contribution is 7.89. The minimum absolute atomic E-state index is 0.0458. The second kappa shape index (κ2) is 5.55. The molecule has 0 aliphatic heterocycles. The van der Waals surface area contributed by atoms with E-state index < -0.39 is 10.0 Å². The molecule has 0 spiro atoms. The fourth-order valence-corrected chi connectivity index (χ4v) is 2.62. The van der Waals surface area contributed by atoms with Gasteiger partial charge in [0.1, 0.15) is 5.76 Å². The number of imidazole rings is 1. The number of likely N-dealkylation sites (N-methyl/N-ethyl adjacent to an activating group) is 1. The molecule has 0 aliphatic carbocycles. The van der Waals surface area contributed by atoms with E-state index in [1.165, 1.54) is 12.5 Å². The van der Waals surface area contributed by atoms with Crippen molar-refractivity contribution in [2.24, 2.45) is 0 Å². The van der Waals surface area contributed by atoms with Crippen LogP contribution in [0.2, 0.25) is 0 Å². The summed E-state index contributed by atoms with van der Waals surface area (Å²) < 4.78 is 31.8. The first-order valence-corrected chi connectivity index (χ1v) is 7.17. The average Bonchev–Trinajstić information content (AvgIpc) is 3.02. The second-order valence-corrected chi connectivity index (χ2v) is 6.00. The third kappa shape index (κ3) is 3.22. The van der Waals surface area contributed by atoms with Crippen LogP contribution < -0.4 is 4.72 Å². The summed E-state index contributed by atoms with van der Waals surface area (Å²) in [5, 5.41) is 0.0458. The van der Waals surface area contributed by atoms with Crippen molar-refractivity contribution >= 4 is 10.0 Å². The van der Waals surface area contributed by atoms with Gasteiger partial charge in [0.05, 0.1) is 24.8 Å². The first-order valence-electron chi connectivity index (χ1n) is 5.68. The van der Waals surface area contributed by atoms with Crippen molar-refractivity contribution in [3.8, 4) is 0 Å². The van der Waals surface area contributed by atoms with Crippen molar-refractivity contribution in [3.05, 3.63) is 36.7 Å². The lowest BCUT2D eigenvalue weighted by Gasteiger charge is -2.22. The minimum atomic E-state index is -3.57. The first kappa shape index (κ1) is 13.8. The van der Waals surface area contributed by atoms with Crippen molar-refractivity contribution in [1.29, 1.82) is 0 Å². The molecule has 0 aliphatic rings. The summed E-state index contributed by atoms with van der Waals surface area (Å²) in [6, 6.07) is 3.41. The van der Waals surface area contributed by atoms with Crippen LogP contribution in [-0.2, 0) is 10.0 Å². The third-order valence-corrected chi connectivity index (χ3v) is 4.07. The SMILES string of the molecule is CN(C)C(CNS(=O)(=O)c1cnc[nH]1)c1ccco1. The molecule has 8 heteroatoms. The number of nitrogens with one attached hydrogen (secondary N) is 2. The van der Waals surface area contributed by atoms with Crippen LogP contribution in [0.3, 0.4) is 0 Å². The van der Waals surface area contributed by atoms with Crippen LogP contribution in [0.15, 0.2) is 40.4 Å². The van der Waals surface area contributed by atoms with Crippen LogP contribution in [-0.4, -0.2) is 43.9 Å². The molecule has 19 heavy (non-hydrogen) atoms. The molecular formula is C11H16N4O3S. The summed E-state index contributed by atoms with van der Waals surface area (Å²) >= 11 is 0. The molecule has 7 nitrogen and oxygen atoms in total. The van der Waals surface area contributed by atoms with E-state index in [4.69, 9.17) is 4.42 Å².